The van der Waals surface area contributed by atoms with Crippen LogP contribution in [0.3, 0.4) is 0 Å². The normalized spacial score (nSPS) is 12.1. The van der Waals surface area contributed by atoms with Crippen molar-refractivity contribution >= 4 is 5.84 Å². The molecule has 0 bridgehead atoms. The van der Waals surface area contributed by atoms with Crippen LogP contribution in [0.4, 0.5) is 0 Å². The van der Waals surface area contributed by atoms with Gasteiger partial charge in [0.15, 0.2) is 5.84 Å². The van der Waals surface area contributed by atoms with Crippen molar-refractivity contribution in [2.75, 3.05) is 26.8 Å². The maximum absolute atomic E-state index is 8.66. The van der Waals surface area contributed by atoms with Crippen LogP contribution in [0.15, 0.2) is 23.4 Å². The van der Waals surface area contributed by atoms with E-state index in [1.807, 2.05) is 32.0 Å². The zero-order valence-electron chi connectivity index (χ0n) is 11.9. The fourth-order valence-electron chi connectivity index (χ4n) is 1.82. The highest BCUT2D eigenvalue weighted by Gasteiger charge is 2.06. The largest absolute Gasteiger partial charge is 0.409 e. The number of ether oxygens (including phenoxy) is 1. The molecule has 0 atom stereocenters. The van der Waals surface area contributed by atoms with Crippen molar-refractivity contribution < 1.29 is 9.94 Å². The molecule has 0 heterocycles. The third-order valence-electron chi connectivity index (χ3n) is 3.01. The number of hydrogen-bond donors (Lipinski definition) is 2. The molecule has 0 saturated heterocycles. The molecule has 5 heteroatoms. The monoisotopic (exact) mass is 265 g/mol. The Bertz CT molecular complexity index is 433. The third-order valence-corrected chi connectivity index (χ3v) is 3.01. The first-order chi connectivity index (χ1) is 9.08. The van der Waals surface area contributed by atoms with Crippen molar-refractivity contribution in [3.8, 4) is 0 Å². The number of likely N-dealkylation sites (N-methyl/N-ethyl adjacent to an activating group) is 1. The summed E-state index contributed by atoms with van der Waals surface area (Å²) in [5.41, 5.74) is 8.67. The quantitative estimate of drug-likeness (QED) is 0.258. The second kappa shape index (κ2) is 7.76. The van der Waals surface area contributed by atoms with E-state index in [0.29, 0.717) is 0 Å². The molecule has 0 unspecified atom stereocenters. The lowest BCUT2D eigenvalue weighted by molar-refractivity contribution is 0.120. The average Bonchev–Trinajstić information content (AvgIpc) is 2.40. The fourth-order valence-corrected chi connectivity index (χ4v) is 1.82. The predicted octanol–water partition coefficient (Wildman–Crippen LogP) is 1.56. The Labute approximate surface area is 114 Å². The van der Waals surface area contributed by atoms with Crippen LogP contribution in [0.1, 0.15) is 23.6 Å². The van der Waals surface area contributed by atoms with Gasteiger partial charge in [0.05, 0.1) is 6.61 Å². The SMILES string of the molecule is CCOCCN(C)Cc1ccc(/C(N)=N/O)cc1C. The molecule has 0 saturated carbocycles. The van der Waals surface area contributed by atoms with Crippen molar-refractivity contribution in [1.82, 2.24) is 4.90 Å². The smallest absolute Gasteiger partial charge is 0.170 e. The van der Waals surface area contributed by atoms with Gasteiger partial charge in [0.1, 0.15) is 0 Å². The fraction of sp³-hybridized carbons (Fsp3) is 0.500. The minimum atomic E-state index is 0.138. The van der Waals surface area contributed by atoms with Gasteiger partial charge in [0, 0.05) is 25.3 Å². The summed E-state index contributed by atoms with van der Waals surface area (Å²) in [6.07, 6.45) is 0. The molecule has 0 fully saturated rings. The van der Waals surface area contributed by atoms with Crippen molar-refractivity contribution in [2.45, 2.75) is 20.4 Å². The minimum Gasteiger partial charge on any atom is -0.409 e. The van der Waals surface area contributed by atoms with E-state index in [4.69, 9.17) is 15.7 Å². The lowest BCUT2D eigenvalue weighted by atomic mass is 10.0. The number of nitrogens with zero attached hydrogens (tertiary/aromatic N) is 2. The molecule has 1 aromatic carbocycles. The molecule has 0 aliphatic carbocycles. The van der Waals surface area contributed by atoms with Gasteiger partial charge in [-0.15, -0.1) is 0 Å². The molecular weight excluding hydrogens is 242 g/mol. The van der Waals surface area contributed by atoms with Crippen LogP contribution in [0.5, 0.6) is 0 Å². The summed E-state index contributed by atoms with van der Waals surface area (Å²) in [4.78, 5) is 2.21. The Morgan fingerprint density at radius 1 is 1.47 bits per heavy atom. The molecule has 3 N–H and O–H groups in total. The Morgan fingerprint density at radius 3 is 2.79 bits per heavy atom. The molecule has 0 amide bonds. The van der Waals surface area contributed by atoms with E-state index >= 15 is 0 Å². The number of rotatable bonds is 7. The number of benzene rings is 1. The van der Waals surface area contributed by atoms with Crippen molar-refractivity contribution in [3.63, 3.8) is 0 Å². The van der Waals surface area contributed by atoms with E-state index in [1.54, 1.807) is 0 Å². The molecule has 5 nitrogen and oxygen atoms in total. The van der Waals surface area contributed by atoms with Gasteiger partial charge in [-0.2, -0.15) is 0 Å². The van der Waals surface area contributed by atoms with Gasteiger partial charge in [-0.3, -0.25) is 4.90 Å². The molecule has 1 aromatic rings. The first-order valence-corrected chi connectivity index (χ1v) is 6.42. The molecule has 0 radical (unpaired) electrons. The maximum atomic E-state index is 8.66. The lowest BCUT2D eigenvalue weighted by Gasteiger charge is -2.18. The van der Waals surface area contributed by atoms with Gasteiger partial charge in [0.25, 0.3) is 0 Å². The van der Waals surface area contributed by atoms with E-state index in [9.17, 15) is 0 Å². The van der Waals surface area contributed by atoms with E-state index in [2.05, 4.69) is 17.1 Å². The Morgan fingerprint density at radius 2 is 2.21 bits per heavy atom. The van der Waals surface area contributed by atoms with Crippen LogP contribution in [0.2, 0.25) is 0 Å². The molecule has 0 aliphatic rings. The van der Waals surface area contributed by atoms with Crippen molar-refractivity contribution in [1.29, 1.82) is 0 Å². The van der Waals surface area contributed by atoms with Crippen molar-refractivity contribution in [3.05, 3.63) is 34.9 Å². The van der Waals surface area contributed by atoms with Gasteiger partial charge in [-0.25, -0.2) is 0 Å². The van der Waals surface area contributed by atoms with E-state index in [0.717, 1.165) is 37.4 Å². The number of hydrogen-bond acceptors (Lipinski definition) is 4. The highest BCUT2D eigenvalue weighted by atomic mass is 16.5. The van der Waals surface area contributed by atoms with Crippen molar-refractivity contribution in [2.24, 2.45) is 10.9 Å². The standard InChI is InChI=1S/C14H23N3O2/c1-4-19-8-7-17(3)10-13-6-5-12(9-11(13)2)14(15)16-18/h5-6,9,18H,4,7-8,10H2,1-3H3,(H2,15,16). The van der Waals surface area contributed by atoms with E-state index < -0.39 is 0 Å². The van der Waals surface area contributed by atoms with E-state index in [-0.39, 0.29) is 5.84 Å². The van der Waals surface area contributed by atoms with Gasteiger partial charge in [-0.1, -0.05) is 17.3 Å². The molecule has 0 aromatic heterocycles. The zero-order valence-corrected chi connectivity index (χ0v) is 11.9. The van der Waals surface area contributed by atoms with Gasteiger partial charge in [-0.05, 0) is 38.1 Å². The highest BCUT2D eigenvalue weighted by molar-refractivity contribution is 5.97. The molecular formula is C14H23N3O2. The summed E-state index contributed by atoms with van der Waals surface area (Å²) in [5.74, 6) is 0.138. The minimum absolute atomic E-state index is 0.138. The molecule has 0 aliphatic heterocycles. The van der Waals surface area contributed by atoms with Crippen LogP contribution in [-0.2, 0) is 11.3 Å². The van der Waals surface area contributed by atoms with Gasteiger partial charge < -0.3 is 15.7 Å². The van der Waals surface area contributed by atoms with Crippen LogP contribution in [-0.4, -0.2) is 42.7 Å². The molecule has 19 heavy (non-hydrogen) atoms. The Balaban J connectivity index is 2.64. The first-order valence-electron chi connectivity index (χ1n) is 6.42. The van der Waals surface area contributed by atoms with Crippen LogP contribution in [0, 0.1) is 6.92 Å². The second-order valence-electron chi connectivity index (χ2n) is 4.56. The number of nitrogens with two attached hydrogens (primary N) is 1. The summed E-state index contributed by atoms with van der Waals surface area (Å²) in [7, 11) is 2.07. The summed E-state index contributed by atoms with van der Waals surface area (Å²) in [6.45, 7) is 7.27. The molecule has 0 spiro atoms. The van der Waals surface area contributed by atoms with Gasteiger partial charge >= 0.3 is 0 Å². The van der Waals surface area contributed by atoms with Crippen LogP contribution >= 0.6 is 0 Å². The first kappa shape index (κ1) is 15.5. The topological polar surface area (TPSA) is 71.1 Å². The lowest BCUT2D eigenvalue weighted by Crippen LogP contribution is -2.23. The summed E-state index contributed by atoms with van der Waals surface area (Å²) in [6, 6.07) is 5.81. The third kappa shape index (κ3) is 4.89. The number of amidine groups is 1. The molecule has 106 valence electrons. The Kier molecular flexibility index (Phi) is 6.32. The summed E-state index contributed by atoms with van der Waals surface area (Å²) >= 11 is 0. The molecule has 1 rings (SSSR count). The average molecular weight is 265 g/mol. The summed E-state index contributed by atoms with van der Waals surface area (Å²) < 4.78 is 5.34. The predicted molar refractivity (Wildman–Crippen MR) is 76.5 cm³/mol. The second-order valence-corrected chi connectivity index (χ2v) is 4.56. The number of aryl methyl sites for hydroxylation is 1. The van der Waals surface area contributed by atoms with Gasteiger partial charge in [0.2, 0.25) is 0 Å². The summed E-state index contributed by atoms with van der Waals surface area (Å²) in [5, 5.41) is 11.7. The number of oxime groups is 1. The van der Waals surface area contributed by atoms with E-state index in [1.165, 1.54) is 5.56 Å². The highest BCUT2D eigenvalue weighted by Crippen LogP contribution is 2.13. The maximum Gasteiger partial charge on any atom is 0.170 e. The Hall–Kier alpha value is -1.59. The van der Waals surface area contributed by atoms with Crippen LogP contribution in [0.25, 0.3) is 0 Å². The van der Waals surface area contributed by atoms with Crippen LogP contribution < -0.4 is 5.73 Å². The zero-order chi connectivity index (χ0) is 14.3.